The summed E-state index contributed by atoms with van der Waals surface area (Å²) in [4.78, 5) is 0. The van der Waals surface area contributed by atoms with Gasteiger partial charge in [-0.1, -0.05) is 24.3 Å². The highest BCUT2D eigenvalue weighted by Gasteiger charge is 2.38. The lowest BCUT2D eigenvalue weighted by molar-refractivity contribution is -0.142. The molecule has 1 fully saturated rings. The first-order valence-electron chi connectivity index (χ1n) is 9.19. The highest BCUT2D eigenvalue weighted by Crippen LogP contribution is 2.39. The minimum absolute atomic E-state index is 0.127. The third-order valence-corrected chi connectivity index (χ3v) is 5.34. The first-order valence-corrected chi connectivity index (χ1v) is 9.19. The van der Waals surface area contributed by atoms with Gasteiger partial charge in [0.25, 0.3) is 0 Å². The Morgan fingerprint density at radius 2 is 1.46 bits per heavy atom. The van der Waals surface area contributed by atoms with Crippen molar-refractivity contribution in [1.82, 2.24) is 0 Å². The van der Waals surface area contributed by atoms with Crippen molar-refractivity contribution in [3.63, 3.8) is 0 Å². The molecular formula is C22H20F6. The molecule has 2 aromatic carbocycles. The molecule has 0 amide bonds. The van der Waals surface area contributed by atoms with Crippen LogP contribution >= 0.6 is 0 Å². The van der Waals surface area contributed by atoms with E-state index in [2.05, 4.69) is 6.08 Å². The molecule has 2 aromatic rings. The van der Waals surface area contributed by atoms with Gasteiger partial charge in [-0.05, 0) is 73.8 Å². The van der Waals surface area contributed by atoms with E-state index in [1.807, 2.05) is 13.0 Å². The topological polar surface area (TPSA) is 0 Å². The number of benzene rings is 2. The van der Waals surface area contributed by atoms with Gasteiger partial charge in [0.1, 0.15) is 23.0 Å². The Labute approximate surface area is 159 Å². The zero-order valence-electron chi connectivity index (χ0n) is 15.3. The molecule has 1 aliphatic rings. The molecule has 0 aromatic heterocycles. The normalized spacial score (nSPS) is 20.7. The zero-order valence-corrected chi connectivity index (χ0v) is 15.3. The van der Waals surface area contributed by atoms with Crippen molar-refractivity contribution >= 4 is 0 Å². The predicted molar refractivity (Wildman–Crippen MR) is 96.3 cm³/mol. The SMILES string of the molecule is C/C=C/C1CCC(c2ccc(-c3cc(F)c(C(F)(F)F)c(F)c3)c(F)c2)CC1. The smallest absolute Gasteiger partial charge is 0.206 e. The summed E-state index contributed by atoms with van der Waals surface area (Å²) in [6.07, 6.45) is 2.90. The van der Waals surface area contributed by atoms with Gasteiger partial charge in [-0.25, -0.2) is 13.2 Å². The summed E-state index contributed by atoms with van der Waals surface area (Å²) in [5.41, 5.74) is -1.55. The molecule has 0 unspecified atom stereocenters. The van der Waals surface area contributed by atoms with E-state index >= 15 is 0 Å². The van der Waals surface area contributed by atoms with Gasteiger partial charge in [0.05, 0.1) is 0 Å². The number of allylic oxidation sites excluding steroid dienone is 2. The Bertz CT molecular complexity index is 850. The minimum Gasteiger partial charge on any atom is -0.206 e. The fourth-order valence-corrected chi connectivity index (χ4v) is 3.94. The van der Waals surface area contributed by atoms with Gasteiger partial charge in [0.2, 0.25) is 0 Å². The van der Waals surface area contributed by atoms with Crippen molar-refractivity contribution in [2.45, 2.75) is 44.7 Å². The van der Waals surface area contributed by atoms with Crippen LogP contribution in [-0.2, 0) is 6.18 Å². The van der Waals surface area contributed by atoms with Gasteiger partial charge in [0, 0.05) is 5.56 Å². The van der Waals surface area contributed by atoms with Crippen LogP contribution in [0.3, 0.4) is 0 Å². The molecule has 150 valence electrons. The van der Waals surface area contributed by atoms with E-state index in [1.54, 1.807) is 6.07 Å². The molecule has 0 N–H and O–H groups in total. The van der Waals surface area contributed by atoms with Crippen LogP contribution in [0.25, 0.3) is 11.1 Å². The van der Waals surface area contributed by atoms with Gasteiger partial charge in [-0.2, -0.15) is 13.2 Å². The molecule has 0 saturated heterocycles. The third kappa shape index (κ3) is 4.26. The average molecular weight is 398 g/mol. The lowest BCUT2D eigenvalue weighted by atomic mass is 9.78. The van der Waals surface area contributed by atoms with Crippen LogP contribution in [0, 0.1) is 23.4 Å². The van der Waals surface area contributed by atoms with Crippen LogP contribution < -0.4 is 0 Å². The highest BCUT2D eigenvalue weighted by atomic mass is 19.4. The third-order valence-electron chi connectivity index (χ3n) is 5.34. The summed E-state index contributed by atoms with van der Waals surface area (Å²) in [7, 11) is 0. The van der Waals surface area contributed by atoms with Crippen molar-refractivity contribution in [2.24, 2.45) is 5.92 Å². The number of hydrogen-bond donors (Lipinski definition) is 0. The number of halogens is 6. The van der Waals surface area contributed by atoms with Crippen LogP contribution in [-0.4, -0.2) is 0 Å². The molecule has 0 bridgehead atoms. The van der Waals surface area contributed by atoms with Gasteiger partial charge in [-0.3, -0.25) is 0 Å². The van der Waals surface area contributed by atoms with Gasteiger partial charge >= 0.3 is 6.18 Å². The van der Waals surface area contributed by atoms with Crippen LogP contribution in [0.5, 0.6) is 0 Å². The lowest BCUT2D eigenvalue weighted by Crippen LogP contribution is -2.12. The molecule has 0 spiro atoms. The Morgan fingerprint density at radius 3 is 1.96 bits per heavy atom. The summed E-state index contributed by atoms with van der Waals surface area (Å²) in [5, 5.41) is 0. The highest BCUT2D eigenvalue weighted by molar-refractivity contribution is 5.65. The maximum Gasteiger partial charge on any atom is 0.422 e. The molecular weight excluding hydrogens is 378 g/mol. The second-order valence-electron chi connectivity index (χ2n) is 7.19. The number of rotatable bonds is 3. The Hall–Kier alpha value is -2.24. The molecule has 0 nitrogen and oxygen atoms in total. The van der Waals surface area contributed by atoms with Gasteiger partial charge in [0.15, 0.2) is 0 Å². The van der Waals surface area contributed by atoms with Crippen molar-refractivity contribution < 1.29 is 26.3 Å². The summed E-state index contributed by atoms with van der Waals surface area (Å²) in [5.74, 6) is -3.48. The Kier molecular flexibility index (Phi) is 5.87. The predicted octanol–water partition coefficient (Wildman–Crippen LogP) is 7.64. The van der Waals surface area contributed by atoms with Crippen molar-refractivity contribution in [1.29, 1.82) is 0 Å². The summed E-state index contributed by atoms with van der Waals surface area (Å²) in [6, 6.07) is 5.43. The van der Waals surface area contributed by atoms with Crippen molar-refractivity contribution in [2.75, 3.05) is 0 Å². The van der Waals surface area contributed by atoms with Gasteiger partial charge in [-0.15, -0.1) is 0 Å². The molecule has 1 saturated carbocycles. The lowest BCUT2D eigenvalue weighted by Gasteiger charge is -2.27. The van der Waals surface area contributed by atoms with E-state index in [0.29, 0.717) is 18.1 Å². The minimum atomic E-state index is -5.15. The molecule has 0 atom stereocenters. The van der Waals surface area contributed by atoms with E-state index in [4.69, 9.17) is 0 Å². The van der Waals surface area contributed by atoms with E-state index in [-0.39, 0.29) is 17.0 Å². The molecule has 0 heterocycles. The van der Waals surface area contributed by atoms with Crippen molar-refractivity contribution in [3.05, 3.63) is 71.1 Å². The molecule has 0 aliphatic heterocycles. The second-order valence-corrected chi connectivity index (χ2v) is 7.19. The first-order chi connectivity index (χ1) is 13.2. The average Bonchev–Trinajstić information content (AvgIpc) is 2.60. The molecule has 28 heavy (non-hydrogen) atoms. The molecule has 0 radical (unpaired) electrons. The summed E-state index contributed by atoms with van der Waals surface area (Å²) in [6.45, 7) is 1.98. The van der Waals surface area contributed by atoms with Crippen LogP contribution in [0.4, 0.5) is 26.3 Å². The first kappa shape index (κ1) is 20.5. The van der Waals surface area contributed by atoms with Crippen LogP contribution in [0.1, 0.15) is 49.7 Å². The van der Waals surface area contributed by atoms with E-state index < -0.39 is 29.2 Å². The van der Waals surface area contributed by atoms with E-state index in [1.165, 1.54) is 12.1 Å². The Balaban J connectivity index is 1.86. The largest absolute Gasteiger partial charge is 0.422 e. The fraction of sp³-hybridized carbons (Fsp3) is 0.364. The van der Waals surface area contributed by atoms with Crippen molar-refractivity contribution in [3.8, 4) is 11.1 Å². The molecule has 6 heteroatoms. The fourth-order valence-electron chi connectivity index (χ4n) is 3.94. The van der Waals surface area contributed by atoms with Crippen LogP contribution in [0.15, 0.2) is 42.5 Å². The quantitative estimate of drug-likeness (QED) is 0.368. The second kappa shape index (κ2) is 8.02. The van der Waals surface area contributed by atoms with E-state index in [9.17, 15) is 26.3 Å². The number of alkyl halides is 3. The zero-order chi connectivity index (χ0) is 20.5. The monoisotopic (exact) mass is 398 g/mol. The van der Waals surface area contributed by atoms with Gasteiger partial charge < -0.3 is 0 Å². The molecule has 1 aliphatic carbocycles. The van der Waals surface area contributed by atoms with E-state index in [0.717, 1.165) is 31.2 Å². The van der Waals surface area contributed by atoms with Crippen LogP contribution in [0.2, 0.25) is 0 Å². The Morgan fingerprint density at radius 1 is 0.857 bits per heavy atom. The summed E-state index contributed by atoms with van der Waals surface area (Å²) < 4.78 is 80.3. The maximum atomic E-state index is 14.6. The maximum absolute atomic E-state index is 14.6. The summed E-state index contributed by atoms with van der Waals surface area (Å²) >= 11 is 0. The molecule has 3 rings (SSSR count). The standard InChI is InChI=1S/C22H20F6/c1-2-3-13-4-6-14(7-5-13)15-8-9-17(18(23)10-15)16-11-19(24)21(20(25)12-16)22(26,27)28/h2-3,8-14H,4-7H2,1H3/b3-2+. The number of hydrogen-bond acceptors (Lipinski definition) is 0.